The highest BCUT2D eigenvalue weighted by atomic mass is 32.2. The third kappa shape index (κ3) is 3.92. The van der Waals surface area contributed by atoms with Crippen LogP contribution >= 0.6 is 0 Å². The lowest BCUT2D eigenvalue weighted by Gasteiger charge is -2.36. The largest absolute Gasteiger partial charge is 0.353 e. The highest BCUT2D eigenvalue weighted by Crippen LogP contribution is 2.30. The van der Waals surface area contributed by atoms with Gasteiger partial charge >= 0.3 is 0 Å². The molecule has 0 saturated carbocycles. The third-order valence-corrected chi connectivity index (χ3v) is 8.10. The van der Waals surface area contributed by atoms with Crippen LogP contribution in [-0.4, -0.2) is 59.3 Å². The minimum Gasteiger partial charge on any atom is -0.353 e. The summed E-state index contributed by atoms with van der Waals surface area (Å²) in [6.45, 7) is 4.28. The van der Waals surface area contributed by atoms with Gasteiger partial charge in [-0.25, -0.2) is 13.4 Å². The summed E-state index contributed by atoms with van der Waals surface area (Å²) >= 11 is 0. The van der Waals surface area contributed by atoms with Crippen LogP contribution in [0.5, 0.6) is 0 Å². The number of benzene rings is 3. The fraction of sp³-hybridized carbons (Fsp3) is 0.192. The molecular formula is C26H24N6O2S. The Balaban J connectivity index is 1.38. The maximum atomic E-state index is 13.4. The highest BCUT2D eigenvalue weighted by Gasteiger charge is 2.28. The Labute approximate surface area is 203 Å². The molecule has 0 bridgehead atoms. The second-order valence-electron chi connectivity index (χ2n) is 8.65. The summed E-state index contributed by atoms with van der Waals surface area (Å²) in [6.07, 6.45) is 0. The van der Waals surface area contributed by atoms with E-state index in [2.05, 4.69) is 44.4 Å². The monoisotopic (exact) mass is 484 g/mol. The minimum absolute atomic E-state index is 0.126. The van der Waals surface area contributed by atoms with Gasteiger partial charge in [-0.15, -0.1) is 5.10 Å². The number of rotatable bonds is 5. The van der Waals surface area contributed by atoms with Crippen molar-refractivity contribution in [3.8, 4) is 0 Å². The molecule has 9 heteroatoms. The molecule has 5 aromatic rings. The molecule has 0 atom stereocenters. The average molecular weight is 485 g/mol. The average Bonchev–Trinajstić information content (AvgIpc) is 3.35. The number of para-hydroxylation sites is 1. The van der Waals surface area contributed by atoms with Crippen molar-refractivity contribution >= 4 is 32.2 Å². The quantitative estimate of drug-likeness (QED) is 0.378. The van der Waals surface area contributed by atoms with Gasteiger partial charge in [-0.2, -0.15) is 4.52 Å². The van der Waals surface area contributed by atoms with Gasteiger partial charge in [0, 0.05) is 38.1 Å². The van der Waals surface area contributed by atoms with E-state index in [0.29, 0.717) is 0 Å². The van der Waals surface area contributed by atoms with Crippen molar-refractivity contribution in [3.63, 3.8) is 0 Å². The maximum Gasteiger partial charge on any atom is 0.229 e. The van der Waals surface area contributed by atoms with E-state index < -0.39 is 9.84 Å². The lowest BCUT2D eigenvalue weighted by atomic mass is 10.2. The number of fused-ring (bicyclic) bond motifs is 3. The van der Waals surface area contributed by atoms with Crippen molar-refractivity contribution < 1.29 is 8.42 Å². The van der Waals surface area contributed by atoms with Crippen molar-refractivity contribution in [2.45, 2.75) is 16.5 Å². The normalized spacial score (nSPS) is 15.1. The minimum atomic E-state index is -3.87. The smallest absolute Gasteiger partial charge is 0.229 e. The van der Waals surface area contributed by atoms with Crippen LogP contribution in [0.3, 0.4) is 0 Å². The Morgan fingerprint density at radius 3 is 2.17 bits per heavy atom. The van der Waals surface area contributed by atoms with Gasteiger partial charge < -0.3 is 4.90 Å². The summed E-state index contributed by atoms with van der Waals surface area (Å²) in [5, 5.41) is 9.05. The molecule has 1 aliphatic rings. The Hall–Kier alpha value is -3.82. The van der Waals surface area contributed by atoms with Crippen molar-refractivity contribution in [2.75, 3.05) is 31.1 Å². The summed E-state index contributed by atoms with van der Waals surface area (Å²) < 4.78 is 28.3. The summed E-state index contributed by atoms with van der Waals surface area (Å²) in [5.74, 6) is 0.763. The molecular weight excluding hydrogens is 460 g/mol. The number of aromatic nitrogens is 4. The summed E-state index contributed by atoms with van der Waals surface area (Å²) in [5.41, 5.74) is 2.32. The van der Waals surface area contributed by atoms with E-state index in [1.54, 1.807) is 30.3 Å². The lowest BCUT2D eigenvalue weighted by Crippen LogP contribution is -2.46. The topological polar surface area (TPSA) is 83.7 Å². The first-order valence-corrected chi connectivity index (χ1v) is 13.0. The Morgan fingerprint density at radius 1 is 0.771 bits per heavy atom. The Kier molecular flexibility index (Phi) is 5.43. The first-order valence-electron chi connectivity index (χ1n) is 11.6. The van der Waals surface area contributed by atoms with Gasteiger partial charge in [0.2, 0.25) is 14.9 Å². The molecule has 8 nitrogen and oxygen atoms in total. The highest BCUT2D eigenvalue weighted by molar-refractivity contribution is 7.91. The van der Waals surface area contributed by atoms with E-state index in [-0.39, 0.29) is 15.6 Å². The predicted molar refractivity (Wildman–Crippen MR) is 134 cm³/mol. The van der Waals surface area contributed by atoms with Gasteiger partial charge in [0.25, 0.3) is 0 Å². The van der Waals surface area contributed by atoms with Crippen LogP contribution in [0.1, 0.15) is 5.56 Å². The molecule has 3 aromatic carbocycles. The lowest BCUT2D eigenvalue weighted by molar-refractivity contribution is 0.249. The molecule has 3 heterocycles. The third-order valence-electron chi connectivity index (χ3n) is 6.43. The molecule has 0 unspecified atom stereocenters. The van der Waals surface area contributed by atoms with Crippen molar-refractivity contribution in [2.24, 2.45) is 0 Å². The summed E-state index contributed by atoms with van der Waals surface area (Å²) in [7, 11) is -3.87. The van der Waals surface area contributed by atoms with E-state index in [1.807, 2.05) is 30.3 Å². The van der Waals surface area contributed by atoms with Crippen LogP contribution in [0, 0.1) is 0 Å². The van der Waals surface area contributed by atoms with Crippen LogP contribution < -0.4 is 4.90 Å². The van der Waals surface area contributed by atoms with Crippen LogP contribution in [0.4, 0.5) is 5.82 Å². The van der Waals surface area contributed by atoms with Crippen LogP contribution in [0.15, 0.2) is 94.9 Å². The van der Waals surface area contributed by atoms with Crippen molar-refractivity contribution in [1.82, 2.24) is 24.7 Å². The van der Waals surface area contributed by atoms with E-state index in [1.165, 1.54) is 10.1 Å². The standard InChI is InChI=1S/C26H24N6O2S/c33-35(34,21-11-5-2-6-12-21)26-25-27-24(22-13-7-8-14-23(22)32(25)29-28-26)31-17-15-30(16-18-31)19-20-9-3-1-4-10-20/h1-14H,15-19H2. The summed E-state index contributed by atoms with van der Waals surface area (Å²) in [6, 6.07) is 26.6. The molecule has 0 spiro atoms. The zero-order valence-corrected chi connectivity index (χ0v) is 19.8. The van der Waals surface area contributed by atoms with Gasteiger partial charge in [0.05, 0.1) is 10.4 Å². The predicted octanol–water partition coefficient (Wildman–Crippen LogP) is 3.43. The number of nitrogens with zero attached hydrogens (tertiary/aromatic N) is 6. The molecule has 2 aromatic heterocycles. The van der Waals surface area contributed by atoms with Crippen molar-refractivity contribution in [3.05, 3.63) is 90.5 Å². The van der Waals surface area contributed by atoms with Gasteiger partial charge in [-0.3, -0.25) is 4.90 Å². The molecule has 0 aliphatic carbocycles. The van der Waals surface area contributed by atoms with E-state index >= 15 is 0 Å². The molecule has 35 heavy (non-hydrogen) atoms. The molecule has 0 radical (unpaired) electrons. The number of anilines is 1. The van der Waals surface area contributed by atoms with Crippen molar-refractivity contribution in [1.29, 1.82) is 0 Å². The zero-order chi connectivity index (χ0) is 23.8. The molecule has 1 saturated heterocycles. The zero-order valence-electron chi connectivity index (χ0n) is 19.0. The number of sulfone groups is 1. The van der Waals surface area contributed by atoms with E-state index in [4.69, 9.17) is 4.98 Å². The van der Waals surface area contributed by atoms with Crippen LogP contribution in [0.2, 0.25) is 0 Å². The maximum absolute atomic E-state index is 13.4. The van der Waals surface area contributed by atoms with Gasteiger partial charge in [0.1, 0.15) is 5.82 Å². The second-order valence-corrected chi connectivity index (χ2v) is 10.5. The molecule has 1 fully saturated rings. The first kappa shape index (κ1) is 21.7. The first-order chi connectivity index (χ1) is 17.1. The van der Waals surface area contributed by atoms with E-state index in [9.17, 15) is 8.42 Å². The van der Waals surface area contributed by atoms with Gasteiger partial charge in [-0.05, 0) is 29.8 Å². The second kappa shape index (κ2) is 8.75. The number of hydrogen-bond acceptors (Lipinski definition) is 7. The summed E-state index contributed by atoms with van der Waals surface area (Å²) in [4.78, 5) is 9.69. The van der Waals surface area contributed by atoms with Gasteiger partial charge in [0.15, 0.2) is 5.65 Å². The fourth-order valence-corrected chi connectivity index (χ4v) is 5.87. The molecule has 0 N–H and O–H groups in total. The molecule has 6 rings (SSSR count). The molecule has 0 amide bonds. The number of hydrogen-bond donors (Lipinski definition) is 0. The van der Waals surface area contributed by atoms with Crippen LogP contribution in [-0.2, 0) is 16.4 Å². The van der Waals surface area contributed by atoms with Crippen LogP contribution in [0.25, 0.3) is 16.6 Å². The SMILES string of the molecule is O=S(=O)(c1ccccc1)c1nnn2c1nc(N1CCN(Cc3ccccc3)CC1)c1ccccc12. The van der Waals surface area contributed by atoms with Gasteiger partial charge in [-0.1, -0.05) is 65.9 Å². The molecule has 176 valence electrons. The Bertz CT molecular complexity index is 1600. The molecule has 1 aliphatic heterocycles. The van der Waals surface area contributed by atoms with E-state index in [0.717, 1.165) is 49.4 Å². The number of piperazine rings is 1. The Morgan fingerprint density at radius 2 is 1.43 bits per heavy atom. The fourth-order valence-electron chi connectivity index (χ4n) is 4.61.